The molecular weight excluding hydrogens is 264 g/mol. The molecule has 4 nitrogen and oxygen atoms in total. The average Bonchev–Trinajstić information content (AvgIpc) is 2.66. The molecule has 1 aliphatic carbocycles. The van der Waals surface area contributed by atoms with E-state index < -0.39 is 17.9 Å². The van der Waals surface area contributed by atoms with Gasteiger partial charge in [0.25, 0.3) is 0 Å². The number of aliphatic carboxylic acids is 1. The fraction of sp³-hybridized carbons (Fsp3) is 0.600. The van der Waals surface area contributed by atoms with Crippen LogP contribution in [-0.4, -0.2) is 24.2 Å². The number of carbonyl (C=O) groups excluding carboxylic acids is 1. The van der Waals surface area contributed by atoms with E-state index in [0.29, 0.717) is 0 Å². The lowest BCUT2D eigenvalue weighted by Crippen LogP contribution is -2.03. The number of halogens is 1. The molecule has 0 radical (unpaired) electrons. The highest BCUT2D eigenvalue weighted by molar-refractivity contribution is 9.12. The number of ether oxygens (including phenoxy) is 1. The van der Waals surface area contributed by atoms with Crippen LogP contribution in [0.3, 0.4) is 0 Å². The third kappa shape index (κ3) is 2.22. The fourth-order valence-corrected chi connectivity index (χ4v) is 2.23. The summed E-state index contributed by atoms with van der Waals surface area (Å²) in [6.07, 6.45) is 1.62. The van der Waals surface area contributed by atoms with Gasteiger partial charge in [-0.3, -0.25) is 4.79 Å². The van der Waals surface area contributed by atoms with Crippen LogP contribution in [0.1, 0.15) is 13.8 Å². The van der Waals surface area contributed by atoms with E-state index in [-0.39, 0.29) is 15.8 Å². The van der Waals surface area contributed by atoms with Gasteiger partial charge in [-0.15, -0.1) is 0 Å². The average molecular weight is 277 g/mol. The molecule has 0 aromatic carbocycles. The zero-order chi connectivity index (χ0) is 11.8. The molecule has 0 heterocycles. The molecule has 1 fully saturated rings. The van der Waals surface area contributed by atoms with Gasteiger partial charge in [-0.1, -0.05) is 19.9 Å². The van der Waals surface area contributed by atoms with Crippen LogP contribution in [-0.2, 0) is 14.3 Å². The molecule has 0 aromatic heterocycles. The summed E-state index contributed by atoms with van der Waals surface area (Å²) in [6.45, 7) is 3.73. The van der Waals surface area contributed by atoms with Crippen molar-refractivity contribution in [3.8, 4) is 0 Å². The number of rotatable bonds is 3. The first-order chi connectivity index (χ1) is 6.82. The Hall–Kier alpha value is -0.840. The summed E-state index contributed by atoms with van der Waals surface area (Å²) >= 11 is 3.07. The van der Waals surface area contributed by atoms with Gasteiger partial charge in [0.1, 0.15) is 0 Å². The Morgan fingerprint density at radius 3 is 2.33 bits per heavy atom. The standard InChI is InChI=1S/C10H13BrO4/c1-10(2)5(7(10)8(12)13)4-6(11)9(14)15-3/h4-5,7H,1-3H3,(H,12,13)/b6-4+. The Morgan fingerprint density at radius 2 is 2.00 bits per heavy atom. The molecule has 2 atom stereocenters. The summed E-state index contributed by atoms with van der Waals surface area (Å²) in [4.78, 5) is 21.9. The molecule has 0 aromatic rings. The molecule has 2 unspecified atom stereocenters. The maximum Gasteiger partial charge on any atom is 0.344 e. The minimum absolute atomic E-state index is 0.122. The van der Waals surface area contributed by atoms with E-state index >= 15 is 0 Å². The maximum absolute atomic E-state index is 11.1. The van der Waals surface area contributed by atoms with Gasteiger partial charge >= 0.3 is 11.9 Å². The van der Waals surface area contributed by atoms with Crippen LogP contribution in [0.5, 0.6) is 0 Å². The van der Waals surface area contributed by atoms with Crippen molar-refractivity contribution < 1.29 is 19.4 Å². The minimum atomic E-state index is -0.827. The van der Waals surface area contributed by atoms with Crippen molar-refractivity contribution in [2.75, 3.05) is 7.11 Å². The van der Waals surface area contributed by atoms with E-state index in [9.17, 15) is 9.59 Å². The second-order valence-corrected chi connectivity index (χ2v) is 5.02. The predicted molar refractivity (Wildman–Crippen MR) is 57.4 cm³/mol. The van der Waals surface area contributed by atoms with Crippen LogP contribution < -0.4 is 0 Å². The lowest BCUT2D eigenvalue weighted by atomic mass is 10.1. The highest BCUT2D eigenvalue weighted by Crippen LogP contribution is 2.59. The minimum Gasteiger partial charge on any atom is -0.481 e. The van der Waals surface area contributed by atoms with Gasteiger partial charge in [0.15, 0.2) is 0 Å². The molecule has 1 N–H and O–H groups in total. The number of esters is 1. The van der Waals surface area contributed by atoms with Gasteiger partial charge in [-0.05, 0) is 27.3 Å². The Kier molecular flexibility index (Phi) is 3.23. The summed E-state index contributed by atoms with van der Waals surface area (Å²) in [5.74, 6) is -1.86. The Morgan fingerprint density at radius 1 is 1.47 bits per heavy atom. The van der Waals surface area contributed by atoms with Gasteiger partial charge in [0.2, 0.25) is 0 Å². The van der Waals surface area contributed by atoms with Gasteiger partial charge in [-0.25, -0.2) is 4.79 Å². The van der Waals surface area contributed by atoms with Gasteiger partial charge in [0, 0.05) is 0 Å². The van der Waals surface area contributed by atoms with Crippen LogP contribution in [0.25, 0.3) is 0 Å². The smallest absolute Gasteiger partial charge is 0.344 e. The second kappa shape index (κ2) is 3.96. The van der Waals surface area contributed by atoms with Gasteiger partial charge < -0.3 is 9.84 Å². The zero-order valence-electron chi connectivity index (χ0n) is 8.78. The van der Waals surface area contributed by atoms with Crippen molar-refractivity contribution >= 4 is 27.9 Å². The van der Waals surface area contributed by atoms with Crippen LogP contribution in [0.4, 0.5) is 0 Å². The topological polar surface area (TPSA) is 63.6 Å². The summed E-state index contributed by atoms with van der Waals surface area (Å²) in [6, 6.07) is 0. The molecule has 84 valence electrons. The third-order valence-corrected chi connectivity index (χ3v) is 3.47. The predicted octanol–water partition coefficient (Wildman–Crippen LogP) is 1.79. The van der Waals surface area contributed by atoms with Crippen LogP contribution >= 0.6 is 15.9 Å². The number of carbonyl (C=O) groups is 2. The van der Waals surface area contributed by atoms with Crippen molar-refractivity contribution in [3.63, 3.8) is 0 Å². The normalized spacial score (nSPS) is 28.4. The molecule has 0 spiro atoms. The summed E-state index contributed by atoms with van der Waals surface area (Å²) in [7, 11) is 1.28. The number of carboxylic acid groups (broad SMARTS) is 1. The van der Waals surface area contributed by atoms with E-state index in [2.05, 4.69) is 20.7 Å². The summed E-state index contributed by atoms with van der Waals surface area (Å²) in [5.41, 5.74) is -0.293. The van der Waals surface area contributed by atoms with Gasteiger partial charge in [-0.2, -0.15) is 0 Å². The molecule has 0 saturated heterocycles. The molecule has 1 aliphatic rings. The van der Waals surface area contributed by atoms with E-state index in [1.54, 1.807) is 6.08 Å². The van der Waals surface area contributed by atoms with Crippen molar-refractivity contribution in [2.24, 2.45) is 17.3 Å². The second-order valence-electron chi connectivity index (χ2n) is 4.17. The molecule has 0 aliphatic heterocycles. The number of methoxy groups -OCH3 is 1. The Balaban J connectivity index is 2.78. The Labute approximate surface area is 96.4 Å². The zero-order valence-corrected chi connectivity index (χ0v) is 10.4. The van der Waals surface area contributed by atoms with Crippen LogP contribution in [0.2, 0.25) is 0 Å². The molecule has 1 saturated carbocycles. The molecule has 0 amide bonds. The molecular formula is C10H13BrO4. The molecule has 15 heavy (non-hydrogen) atoms. The highest BCUT2D eigenvalue weighted by Gasteiger charge is 2.61. The van der Waals surface area contributed by atoms with Crippen molar-refractivity contribution in [1.29, 1.82) is 0 Å². The SMILES string of the molecule is COC(=O)/C(Br)=C\C1C(C(=O)O)C1(C)C. The fourth-order valence-electron chi connectivity index (χ4n) is 1.78. The van der Waals surface area contributed by atoms with Crippen molar-refractivity contribution in [2.45, 2.75) is 13.8 Å². The first-order valence-electron chi connectivity index (χ1n) is 4.50. The third-order valence-electron chi connectivity index (χ3n) is 2.88. The number of allylic oxidation sites excluding steroid dienone is 1. The monoisotopic (exact) mass is 276 g/mol. The maximum atomic E-state index is 11.1. The quantitative estimate of drug-likeness (QED) is 0.631. The van der Waals surface area contributed by atoms with Gasteiger partial charge in [0.05, 0.1) is 17.5 Å². The Bertz CT molecular complexity index is 332. The van der Waals surface area contributed by atoms with E-state index in [0.717, 1.165) is 0 Å². The van der Waals surface area contributed by atoms with E-state index in [1.807, 2.05) is 13.8 Å². The summed E-state index contributed by atoms with van der Waals surface area (Å²) in [5, 5.41) is 8.91. The van der Waals surface area contributed by atoms with Crippen molar-refractivity contribution in [3.05, 3.63) is 10.6 Å². The van der Waals surface area contributed by atoms with E-state index in [4.69, 9.17) is 5.11 Å². The number of hydrogen-bond donors (Lipinski definition) is 1. The number of carboxylic acids is 1. The lowest BCUT2D eigenvalue weighted by Gasteiger charge is -1.98. The molecule has 5 heteroatoms. The molecule has 1 rings (SSSR count). The number of hydrogen-bond acceptors (Lipinski definition) is 3. The van der Waals surface area contributed by atoms with Crippen LogP contribution in [0.15, 0.2) is 10.6 Å². The van der Waals surface area contributed by atoms with E-state index in [1.165, 1.54) is 7.11 Å². The highest BCUT2D eigenvalue weighted by atomic mass is 79.9. The van der Waals surface area contributed by atoms with Crippen molar-refractivity contribution in [1.82, 2.24) is 0 Å². The molecule has 0 bridgehead atoms. The van der Waals surface area contributed by atoms with Crippen LogP contribution in [0, 0.1) is 17.3 Å². The lowest BCUT2D eigenvalue weighted by molar-refractivity contribution is -0.139. The first kappa shape index (κ1) is 12.2. The largest absolute Gasteiger partial charge is 0.481 e. The summed E-state index contributed by atoms with van der Waals surface area (Å²) < 4.78 is 4.79. The first-order valence-corrected chi connectivity index (χ1v) is 5.30.